The fourth-order valence-electron chi connectivity index (χ4n) is 2.75. The Morgan fingerprint density at radius 2 is 2.00 bits per heavy atom. The minimum atomic E-state index is 0.000417. The summed E-state index contributed by atoms with van der Waals surface area (Å²) >= 11 is 0. The number of nitrogens with two attached hydrogens (primary N) is 1. The SMILES string of the molecule is NNc1nc2ccccc2c(=O)n1C1CCCC1. The maximum Gasteiger partial charge on any atom is 0.263 e. The molecule has 2 aromatic rings. The Hall–Kier alpha value is -1.88. The van der Waals surface area contributed by atoms with Crippen molar-refractivity contribution in [1.82, 2.24) is 9.55 Å². The van der Waals surface area contributed by atoms with Crippen molar-refractivity contribution < 1.29 is 0 Å². The summed E-state index contributed by atoms with van der Waals surface area (Å²) in [4.78, 5) is 16.9. The quantitative estimate of drug-likeness (QED) is 0.624. The molecule has 0 bridgehead atoms. The summed E-state index contributed by atoms with van der Waals surface area (Å²) in [6.07, 6.45) is 4.37. The van der Waals surface area contributed by atoms with Crippen LogP contribution in [-0.2, 0) is 0 Å². The van der Waals surface area contributed by atoms with E-state index >= 15 is 0 Å². The van der Waals surface area contributed by atoms with Crippen LogP contribution in [0.2, 0.25) is 0 Å². The van der Waals surface area contributed by atoms with Gasteiger partial charge in [-0.15, -0.1) is 0 Å². The number of rotatable bonds is 2. The monoisotopic (exact) mass is 244 g/mol. The van der Waals surface area contributed by atoms with E-state index in [1.54, 1.807) is 4.57 Å². The summed E-state index contributed by atoms with van der Waals surface area (Å²) in [5, 5.41) is 0.656. The third-order valence-electron chi connectivity index (χ3n) is 3.63. The van der Waals surface area contributed by atoms with E-state index in [0.717, 1.165) is 25.7 Å². The predicted octanol–water partition coefficient (Wildman–Crippen LogP) is 1.80. The minimum Gasteiger partial charge on any atom is -0.294 e. The summed E-state index contributed by atoms with van der Waals surface area (Å²) in [6.45, 7) is 0. The number of aromatic nitrogens is 2. The summed E-state index contributed by atoms with van der Waals surface area (Å²) in [5.41, 5.74) is 3.24. The first-order valence-electron chi connectivity index (χ1n) is 6.29. The van der Waals surface area contributed by atoms with Crippen LogP contribution < -0.4 is 16.8 Å². The standard InChI is InChI=1S/C13H16N4O/c14-16-13-15-11-8-4-3-7-10(11)12(18)17(13)9-5-1-2-6-9/h3-4,7-9H,1-2,5-6,14H2,(H,15,16). The van der Waals surface area contributed by atoms with Crippen LogP contribution in [0.5, 0.6) is 0 Å². The first-order valence-corrected chi connectivity index (χ1v) is 6.29. The molecule has 0 amide bonds. The van der Waals surface area contributed by atoms with Crippen molar-refractivity contribution in [2.24, 2.45) is 5.84 Å². The van der Waals surface area contributed by atoms with Crippen molar-refractivity contribution in [2.75, 3.05) is 5.43 Å². The molecule has 1 fully saturated rings. The Labute approximate surface area is 105 Å². The van der Waals surface area contributed by atoms with Crippen LogP contribution in [0.3, 0.4) is 0 Å². The molecule has 1 aliphatic carbocycles. The third kappa shape index (κ3) is 1.67. The lowest BCUT2D eigenvalue weighted by molar-refractivity contribution is 0.505. The molecule has 1 aromatic carbocycles. The lowest BCUT2D eigenvalue weighted by Crippen LogP contribution is -2.29. The first-order chi connectivity index (χ1) is 8.81. The van der Waals surface area contributed by atoms with Crippen LogP contribution in [0, 0.1) is 0 Å². The van der Waals surface area contributed by atoms with Gasteiger partial charge in [0.05, 0.1) is 10.9 Å². The van der Waals surface area contributed by atoms with Gasteiger partial charge < -0.3 is 0 Å². The average Bonchev–Trinajstić information content (AvgIpc) is 2.92. The highest BCUT2D eigenvalue weighted by Crippen LogP contribution is 2.30. The van der Waals surface area contributed by atoms with Crippen molar-refractivity contribution in [3.05, 3.63) is 34.6 Å². The van der Waals surface area contributed by atoms with E-state index < -0.39 is 0 Å². The number of hydrazine groups is 1. The number of hydrogen-bond donors (Lipinski definition) is 2. The van der Waals surface area contributed by atoms with Gasteiger partial charge in [-0.3, -0.25) is 14.8 Å². The smallest absolute Gasteiger partial charge is 0.263 e. The van der Waals surface area contributed by atoms with Crippen molar-refractivity contribution in [1.29, 1.82) is 0 Å². The zero-order chi connectivity index (χ0) is 12.5. The van der Waals surface area contributed by atoms with Crippen LogP contribution in [0.15, 0.2) is 29.1 Å². The summed E-state index contributed by atoms with van der Waals surface area (Å²) in [6, 6.07) is 7.60. The Morgan fingerprint density at radius 1 is 1.28 bits per heavy atom. The fourth-order valence-corrected chi connectivity index (χ4v) is 2.75. The molecule has 5 heteroatoms. The molecule has 3 N–H and O–H groups in total. The number of fused-ring (bicyclic) bond motifs is 1. The molecule has 0 radical (unpaired) electrons. The number of hydrogen-bond acceptors (Lipinski definition) is 4. The highest BCUT2D eigenvalue weighted by atomic mass is 16.1. The average molecular weight is 244 g/mol. The van der Waals surface area contributed by atoms with E-state index in [9.17, 15) is 4.79 Å². The van der Waals surface area contributed by atoms with Crippen molar-refractivity contribution in [3.63, 3.8) is 0 Å². The lowest BCUT2D eigenvalue weighted by atomic mass is 10.2. The molecule has 1 aliphatic rings. The van der Waals surface area contributed by atoms with Gasteiger partial charge in [0.1, 0.15) is 0 Å². The van der Waals surface area contributed by atoms with E-state index in [4.69, 9.17) is 5.84 Å². The van der Waals surface area contributed by atoms with Gasteiger partial charge in [0.15, 0.2) is 0 Å². The minimum absolute atomic E-state index is 0.000417. The Bertz CT molecular complexity index is 628. The van der Waals surface area contributed by atoms with Crippen molar-refractivity contribution >= 4 is 16.9 Å². The van der Waals surface area contributed by atoms with E-state index in [-0.39, 0.29) is 11.6 Å². The van der Waals surface area contributed by atoms with Crippen molar-refractivity contribution in [2.45, 2.75) is 31.7 Å². The number of nitrogen functional groups attached to an aromatic ring is 1. The fraction of sp³-hybridized carbons (Fsp3) is 0.385. The molecule has 0 atom stereocenters. The third-order valence-corrected chi connectivity index (χ3v) is 3.63. The Balaban J connectivity index is 2.28. The summed E-state index contributed by atoms with van der Waals surface area (Å²) in [5.74, 6) is 5.97. The number of benzene rings is 1. The molecule has 3 rings (SSSR count). The second-order valence-corrected chi connectivity index (χ2v) is 4.71. The van der Waals surface area contributed by atoms with Gasteiger partial charge in [-0.1, -0.05) is 25.0 Å². The normalized spacial score (nSPS) is 16.3. The van der Waals surface area contributed by atoms with Gasteiger partial charge >= 0.3 is 0 Å². The molecule has 94 valence electrons. The molecule has 0 saturated heterocycles. The Kier molecular flexibility index (Phi) is 2.76. The maximum atomic E-state index is 12.5. The van der Waals surface area contributed by atoms with Crippen LogP contribution in [0.1, 0.15) is 31.7 Å². The second-order valence-electron chi connectivity index (χ2n) is 4.71. The van der Waals surface area contributed by atoms with Gasteiger partial charge in [0.25, 0.3) is 5.56 Å². The first kappa shape index (κ1) is 11.2. The van der Waals surface area contributed by atoms with Crippen molar-refractivity contribution in [3.8, 4) is 0 Å². The van der Waals surface area contributed by atoms with Gasteiger partial charge in [0, 0.05) is 6.04 Å². The molecule has 5 nitrogen and oxygen atoms in total. The van der Waals surface area contributed by atoms with Crippen LogP contribution in [0.4, 0.5) is 5.95 Å². The molecule has 18 heavy (non-hydrogen) atoms. The predicted molar refractivity (Wildman–Crippen MR) is 71.3 cm³/mol. The van der Waals surface area contributed by atoms with E-state index in [1.807, 2.05) is 24.3 Å². The number of anilines is 1. The van der Waals surface area contributed by atoms with E-state index in [0.29, 0.717) is 16.9 Å². The number of para-hydroxylation sites is 1. The molecule has 0 unspecified atom stereocenters. The lowest BCUT2D eigenvalue weighted by Gasteiger charge is -2.18. The van der Waals surface area contributed by atoms with E-state index in [1.165, 1.54) is 0 Å². The van der Waals surface area contributed by atoms with Crippen LogP contribution >= 0.6 is 0 Å². The molecular weight excluding hydrogens is 228 g/mol. The molecule has 0 aliphatic heterocycles. The van der Waals surface area contributed by atoms with Crippen LogP contribution in [0.25, 0.3) is 10.9 Å². The zero-order valence-electron chi connectivity index (χ0n) is 10.1. The largest absolute Gasteiger partial charge is 0.294 e. The zero-order valence-corrected chi connectivity index (χ0v) is 10.1. The van der Waals surface area contributed by atoms with Gasteiger partial charge in [-0.05, 0) is 25.0 Å². The number of nitrogens with zero attached hydrogens (tertiary/aromatic N) is 2. The maximum absolute atomic E-state index is 12.5. The molecule has 1 aromatic heterocycles. The van der Waals surface area contributed by atoms with Gasteiger partial charge in [-0.2, -0.15) is 0 Å². The summed E-state index contributed by atoms with van der Waals surface area (Å²) < 4.78 is 1.72. The second kappa shape index (κ2) is 4.42. The van der Waals surface area contributed by atoms with Crippen LogP contribution in [-0.4, -0.2) is 9.55 Å². The van der Waals surface area contributed by atoms with Gasteiger partial charge in [0.2, 0.25) is 5.95 Å². The summed E-state index contributed by atoms with van der Waals surface area (Å²) in [7, 11) is 0. The topological polar surface area (TPSA) is 72.9 Å². The Morgan fingerprint density at radius 3 is 2.72 bits per heavy atom. The van der Waals surface area contributed by atoms with E-state index in [2.05, 4.69) is 10.4 Å². The highest BCUT2D eigenvalue weighted by Gasteiger charge is 2.22. The molecule has 1 heterocycles. The van der Waals surface area contributed by atoms with Gasteiger partial charge in [-0.25, -0.2) is 10.8 Å². The highest BCUT2D eigenvalue weighted by molar-refractivity contribution is 5.78. The number of nitrogens with one attached hydrogen (secondary N) is 1. The molecule has 1 saturated carbocycles. The molecular formula is C13H16N4O. The molecule has 0 spiro atoms.